The molecule has 3 aromatic heterocycles. The normalized spacial score (nSPS) is 19.0. The lowest BCUT2D eigenvalue weighted by Crippen LogP contribution is -2.42. The van der Waals surface area contributed by atoms with Crippen molar-refractivity contribution in [3.63, 3.8) is 0 Å². The zero-order valence-electron chi connectivity index (χ0n) is 17.5. The highest BCUT2D eigenvalue weighted by molar-refractivity contribution is 7.13. The number of ether oxygens (including phenoxy) is 1. The maximum absolute atomic E-state index is 12.9. The van der Waals surface area contributed by atoms with E-state index >= 15 is 0 Å². The number of aromatic nitrogens is 3. The van der Waals surface area contributed by atoms with E-state index in [4.69, 9.17) is 4.74 Å². The number of hydrogen-bond acceptors (Lipinski definition) is 6. The largest absolute Gasteiger partial charge is 0.452 e. The molecule has 0 saturated heterocycles. The summed E-state index contributed by atoms with van der Waals surface area (Å²) in [6, 6.07) is 5.78. The van der Waals surface area contributed by atoms with Gasteiger partial charge in [0.25, 0.3) is 5.91 Å². The molecule has 158 valence electrons. The third-order valence-electron chi connectivity index (χ3n) is 5.75. The first kappa shape index (κ1) is 20.5. The van der Waals surface area contributed by atoms with Crippen molar-refractivity contribution >= 4 is 34.2 Å². The summed E-state index contributed by atoms with van der Waals surface area (Å²) in [5.74, 6) is -0.346. The molecule has 1 saturated carbocycles. The third kappa shape index (κ3) is 4.09. The molecule has 1 fully saturated rings. The smallest absolute Gasteiger partial charge is 0.339 e. The molecule has 4 rings (SSSR count). The fourth-order valence-electron chi connectivity index (χ4n) is 4.14. The van der Waals surface area contributed by atoms with E-state index in [1.165, 1.54) is 6.42 Å². The summed E-state index contributed by atoms with van der Waals surface area (Å²) < 4.78 is 7.06. The molecule has 0 aromatic carbocycles. The van der Waals surface area contributed by atoms with Crippen LogP contribution < -0.4 is 5.32 Å². The van der Waals surface area contributed by atoms with Crippen molar-refractivity contribution in [3.8, 4) is 10.6 Å². The van der Waals surface area contributed by atoms with Gasteiger partial charge in [-0.1, -0.05) is 25.8 Å². The van der Waals surface area contributed by atoms with Gasteiger partial charge >= 0.3 is 5.97 Å². The number of aryl methyl sites for hydroxylation is 2. The van der Waals surface area contributed by atoms with E-state index in [1.54, 1.807) is 29.1 Å². The average molecular weight is 427 g/mol. The van der Waals surface area contributed by atoms with Crippen LogP contribution in [0.2, 0.25) is 0 Å². The molecule has 1 amide bonds. The van der Waals surface area contributed by atoms with Crippen molar-refractivity contribution in [2.45, 2.75) is 45.6 Å². The quantitative estimate of drug-likeness (QED) is 0.626. The predicted octanol–water partition coefficient (Wildman–Crippen LogP) is 3.86. The second kappa shape index (κ2) is 8.55. The maximum Gasteiger partial charge on any atom is 0.339 e. The molecule has 8 heteroatoms. The SMILES string of the molecule is Cc1nn(C)c2nc(-c3cccs3)cc(C(=O)OCC(=O)NC3CCCCC3C)c12. The molecule has 1 N–H and O–H groups in total. The van der Waals surface area contributed by atoms with Gasteiger partial charge in [0.05, 0.1) is 27.2 Å². The number of carbonyl (C=O) groups is 2. The molecular formula is C22H26N4O3S. The van der Waals surface area contributed by atoms with E-state index in [0.29, 0.717) is 33.9 Å². The molecule has 1 aliphatic rings. The first-order valence-electron chi connectivity index (χ1n) is 10.3. The van der Waals surface area contributed by atoms with Crippen LogP contribution in [0.3, 0.4) is 0 Å². The number of amides is 1. The summed E-state index contributed by atoms with van der Waals surface area (Å²) in [6.45, 7) is 3.70. The molecule has 2 unspecified atom stereocenters. The number of fused-ring (bicyclic) bond motifs is 1. The van der Waals surface area contributed by atoms with E-state index < -0.39 is 5.97 Å². The van der Waals surface area contributed by atoms with Crippen molar-refractivity contribution < 1.29 is 14.3 Å². The van der Waals surface area contributed by atoms with Crippen LogP contribution in [0, 0.1) is 12.8 Å². The molecule has 3 heterocycles. The van der Waals surface area contributed by atoms with E-state index in [1.807, 2.05) is 24.4 Å². The minimum absolute atomic E-state index is 0.156. The van der Waals surface area contributed by atoms with Gasteiger partial charge in [0.15, 0.2) is 12.3 Å². The Morgan fingerprint density at radius 2 is 2.13 bits per heavy atom. The summed E-state index contributed by atoms with van der Waals surface area (Å²) in [7, 11) is 1.80. The van der Waals surface area contributed by atoms with Crippen molar-refractivity contribution in [2.24, 2.45) is 13.0 Å². The Kier molecular flexibility index (Phi) is 5.85. The number of pyridine rings is 1. The molecule has 30 heavy (non-hydrogen) atoms. The standard InChI is InChI=1S/C22H26N4O3S/c1-13-7-4-5-8-16(13)23-19(27)12-29-22(28)15-11-17(18-9-6-10-30-18)24-21-20(15)14(2)25-26(21)3/h6,9-11,13,16H,4-5,7-8,12H2,1-3H3,(H,23,27). The molecule has 3 aromatic rings. The lowest BCUT2D eigenvalue weighted by atomic mass is 9.86. The van der Waals surface area contributed by atoms with Gasteiger partial charge in [-0.2, -0.15) is 5.10 Å². The zero-order chi connectivity index (χ0) is 21.3. The summed E-state index contributed by atoms with van der Waals surface area (Å²) in [5.41, 5.74) is 2.39. The third-order valence-corrected chi connectivity index (χ3v) is 6.65. The fourth-order valence-corrected chi connectivity index (χ4v) is 4.83. The van der Waals surface area contributed by atoms with Crippen LogP contribution in [0.25, 0.3) is 21.6 Å². The van der Waals surface area contributed by atoms with Gasteiger partial charge in [-0.15, -0.1) is 11.3 Å². The fraction of sp³-hybridized carbons (Fsp3) is 0.455. The molecule has 2 atom stereocenters. The Morgan fingerprint density at radius 1 is 1.33 bits per heavy atom. The Hall–Kier alpha value is -2.74. The topological polar surface area (TPSA) is 86.1 Å². The second-order valence-electron chi connectivity index (χ2n) is 7.95. The van der Waals surface area contributed by atoms with Gasteiger partial charge in [-0.25, -0.2) is 9.78 Å². The van der Waals surface area contributed by atoms with Gasteiger partial charge in [0, 0.05) is 13.1 Å². The summed E-state index contributed by atoms with van der Waals surface area (Å²) in [6.07, 6.45) is 4.42. The second-order valence-corrected chi connectivity index (χ2v) is 8.90. The number of nitrogens with zero attached hydrogens (tertiary/aromatic N) is 3. The van der Waals surface area contributed by atoms with E-state index in [2.05, 4.69) is 22.3 Å². The maximum atomic E-state index is 12.9. The molecular weight excluding hydrogens is 400 g/mol. The summed E-state index contributed by atoms with van der Waals surface area (Å²) >= 11 is 1.55. The van der Waals surface area contributed by atoms with Crippen LogP contribution in [0.1, 0.15) is 48.7 Å². The van der Waals surface area contributed by atoms with Crippen LogP contribution in [-0.2, 0) is 16.6 Å². The van der Waals surface area contributed by atoms with Crippen molar-refractivity contribution in [1.29, 1.82) is 0 Å². The van der Waals surface area contributed by atoms with Crippen molar-refractivity contribution in [1.82, 2.24) is 20.1 Å². The molecule has 0 bridgehead atoms. The number of hydrogen-bond donors (Lipinski definition) is 1. The lowest BCUT2D eigenvalue weighted by Gasteiger charge is -2.29. The van der Waals surface area contributed by atoms with Crippen molar-refractivity contribution in [2.75, 3.05) is 6.61 Å². The van der Waals surface area contributed by atoms with Gasteiger partial charge < -0.3 is 10.1 Å². The highest BCUT2D eigenvalue weighted by Crippen LogP contribution is 2.29. The van der Waals surface area contributed by atoms with Crippen LogP contribution in [0.4, 0.5) is 0 Å². The number of carbonyl (C=O) groups excluding carboxylic acids is 2. The number of nitrogens with one attached hydrogen (secondary N) is 1. The first-order chi connectivity index (χ1) is 14.4. The van der Waals surface area contributed by atoms with E-state index in [0.717, 1.165) is 24.1 Å². The highest BCUT2D eigenvalue weighted by atomic mass is 32.1. The molecule has 0 spiro atoms. The lowest BCUT2D eigenvalue weighted by molar-refractivity contribution is -0.125. The molecule has 0 aliphatic heterocycles. The van der Waals surface area contributed by atoms with Crippen molar-refractivity contribution in [3.05, 3.63) is 34.8 Å². The summed E-state index contributed by atoms with van der Waals surface area (Å²) in [5, 5.41) is 10.0. The zero-order valence-corrected chi connectivity index (χ0v) is 18.3. The van der Waals surface area contributed by atoms with Gasteiger partial charge in [-0.05, 0) is 43.2 Å². The molecule has 7 nitrogen and oxygen atoms in total. The van der Waals surface area contributed by atoms with Gasteiger partial charge in [0.1, 0.15) is 0 Å². The van der Waals surface area contributed by atoms with Gasteiger partial charge in [0.2, 0.25) is 0 Å². The number of thiophene rings is 1. The van der Waals surface area contributed by atoms with Crippen LogP contribution in [0.15, 0.2) is 23.6 Å². The Bertz CT molecular complexity index is 1070. The molecule has 0 radical (unpaired) electrons. The molecule has 1 aliphatic carbocycles. The Labute approximate surface area is 179 Å². The number of esters is 1. The van der Waals surface area contributed by atoms with Gasteiger partial charge in [-0.3, -0.25) is 9.48 Å². The monoisotopic (exact) mass is 426 g/mol. The van der Waals surface area contributed by atoms with E-state index in [9.17, 15) is 9.59 Å². The first-order valence-corrected chi connectivity index (χ1v) is 11.2. The summed E-state index contributed by atoms with van der Waals surface area (Å²) in [4.78, 5) is 30.9. The Balaban J connectivity index is 1.54. The van der Waals surface area contributed by atoms with Crippen LogP contribution in [0.5, 0.6) is 0 Å². The van der Waals surface area contributed by atoms with E-state index in [-0.39, 0.29) is 18.6 Å². The minimum atomic E-state index is -0.539. The van der Waals surface area contributed by atoms with Crippen LogP contribution in [-0.4, -0.2) is 39.3 Å². The minimum Gasteiger partial charge on any atom is -0.452 e. The number of rotatable bonds is 5. The average Bonchev–Trinajstić information content (AvgIpc) is 3.36. The Morgan fingerprint density at radius 3 is 2.87 bits per heavy atom. The predicted molar refractivity (Wildman–Crippen MR) is 116 cm³/mol. The highest BCUT2D eigenvalue weighted by Gasteiger charge is 2.24. The van der Waals surface area contributed by atoms with Crippen LogP contribution >= 0.6 is 11.3 Å².